The smallest absolute Gasteiger partial charge is 0.137 e. The van der Waals surface area contributed by atoms with Crippen LogP contribution < -0.4 is 0 Å². The van der Waals surface area contributed by atoms with Crippen molar-refractivity contribution >= 4 is 5.78 Å². The Labute approximate surface area is 105 Å². The average Bonchev–Trinajstić information content (AvgIpc) is 3.17. The minimum Gasteiger partial charge on any atom is -0.302 e. The van der Waals surface area contributed by atoms with Gasteiger partial charge in [-0.2, -0.15) is 0 Å². The lowest BCUT2D eigenvalue weighted by molar-refractivity contribution is -0.125. The fourth-order valence-electron chi connectivity index (χ4n) is 3.11. The third-order valence-electron chi connectivity index (χ3n) is 4.59. The number of ketones is 1. The van der Waals surface area contributed by atoms with E-state index in [0.717, 1.165) is 37.6 Å². The minimum atomic E-state index is 0.376. The second-order valence-electron chi connectivity index (χ2n) is 6.51. The topological polar surface area (TPSA) is 20.3 Å². The highest BCUT2D eigenvalue weighted by Crippen LogP contribution is 2.34. The van der Waals surface area contributed by atoms with Gasteiger partial charge in [-0.25, -0.2) is 0 Å². The van der Waals surface area contributed by atoms with Gasteiger partial charge in [0, 0.05) is 32.0 Å². The molecule has 3 aliphatic rings. The first kappa shape index (κ1) is 11.7. The molecule has 0 spiro atoms. The van der Waals surface area contributed by atoms with Crippen molar-refractivity contribution in [1.82, 2.24) is 4.90 Å². The number of carbonyl (C=O) groups is 1. The third kappa shape index (κ3) is 3.54. The zero-order chi connectivity index (χ0) is 11.7. The van der Waals surface area contributed by atoms with Gasteiger partial charge in [0.15, 0.2) is 0 Å². The van der Waals surface area contributed by atoms with Crippen LogP contribution in [-0.2, 0) is 4.79 Å². The molecule has 0 saturated heterocycles. The summed E-state index contributed by atoms with van der Waals surface area (Å²) in [6.07, 6.45) is 10.1. The molecule has 0 N–H and O–H groups in total. The van der Waals surface area contributed by atoms with E-state index in [9.17, 15) is 4.79 Å². The van der Waals surface area contributed by atoms with Crippen molar-refractivity contribution in [2.24, 2.45) is 17.8 Å². The fraction of sp³-hybridized carbons (Fsp3) is 0.933. The van der Waals surface area contributed by atoms with Crippen LogP contribution >= 0.6 is 0 Å². The second kappa shape index (κ2) is 5.09. The number of hydrogen-bond acceptors (Lipinski definition) is 2. The van der Waals surface area contributed by atoms with Gasteiger partial charge in [-0.05, 0) is 50.4 Å². The number of carbonyl (C=O) groups excluding carboxylic acids is 1. The number of Topliss-reactive ketones (excluding diaryl/α,β-unsaturated/α-hetero) is 1. The lowest BCUT2D eigenvalue weighted by atomic mass is 9.87. The molecule has 0 heterocycles. The Morgan fingerprint density at radius 2 is 1.53 bits per heavy atom. The highest BCUT2D eigenvalue weighted by molar-refractivity contribution is 5.81. The van der Waals surface area contributed by atoms with Crippen molar-refractivity contribution < 1.29 is 4.79 Å². The summed E-state index contributed by atoms with van der Waals surface area (Å²) < 4.78 is 0. The van der Waals surface area contributed by atoms with E-state index in [-0.39, 0.29) is 0 Å². The summed E-state index contributed by atoms with van der Waals surface area (Å²) in [7, 11) is 0. The van der Waals surface area contributed by atoms with E-state index in [0.29, 0.717) is 11.7 Å². The highest BCUT2D eigenvalue weighted by atomic mass is 16.1. The van der Waals surface area contributed by atoms with Crippen LogP contribution in [0.25, 0.3) is 0 Å². The molecule has 3 rings (SSSR count). The Bertz CT molecular complexity index is 267. The van der Waals surface area contributed by atoms with E-state index < -0.39 is 0 Å². The predicted octanol–water partition coefficient (Wildman–Crippen LogP) is 2.87. The SMILES string of the molecule is O=C1CCCCC1CN(CC1CC1)CC1CC1. The quantitative estimate of drug-likeness (QED) is 0.705. The average molecular weight is 235 g/mol. The first-order chi connectivity index (χ1) is 8.31. The molecule has 3 saturated carbocycles. The maximum atomic E-state index is 11.9. The van der Waals surface area contributed by atoms with Gasteiger partial charge in [0.25, 0.3) is 0 Å². The third-order valence-corrected chi connectivity index (χ3v) is 4.59. The van der Waals surface area contributed by atoms with Crippen LogP contribution in [0.15, 0.2) is 0 Å². The Hall–Kier alpha value is -0.370. The normalized spacial score (nSPS) is 29.9. The monoisotopic (exact) mass is 235 g/mol. The molecule has 1 unspecified atom stereocenters. The Kier molecular flexibility index (Phi) is 3.51. The Balaban J connectivity index is 1.51. The van der Waals surface area contributed by atoms with E-state index in [4.69, 9.17) is 0 Å². The van der Waals surface area contributed by atoms with Crippen LogP contribution in [0.1, 0.15) is 51.4 Å². The molecule has 17 heavy (non-hydrogen) atoms. The molecular weight excluding hydrogens is 210 g/mol. The van der Waals surface area contributed by atoms with E-state index in [1.807, 2.05) is 0 Å². The molecular formula is C15H25NO. The molecule has 2 nitrogen and oxygen atoms in total. The van der Waals surface area contributed by atoms with Crippen molar-refractivity contribution in [2.45, 2.75) is 51.4 Å². The summed E-state index contributed by atoms with van der Waals surface area (Å²) in [6, 6.07) is 0. The summed E-state index contributed by atoms with van der Waals surface area (Å²) in [5, 5.41) is 0. The zero-order valence-corrected chi connectivity index (χ0v) is 10.9. The largest absolute Gasteiger partial charge is 0.302 e. The van der Waals surface area contributed by atoms with Crippen LogP contribution in [0.3, 0.4) is 0 Å². The maximum Gasteiger partial charge on any atom is 0.137 e. The van der Waals surface area contributed by atoms with E-state index in [1.165, 1.54) is 45.2 Å². The molecule has 0 aromatic carbocycles. The van der Waals surface area contributed by atoms with Crippen LogP contribution in [0.2, 0.25) is 0 Å². The van der Waals surface area contributed by atoms with Crippen molar-refractivity contribution in [3.05, 3.63) is 0 Å². The lowest BCUT2D eigenvalue weighted by Crippen LogP contribution is -2.37. The molecule has 3 fully saturated rings. The molecule has 0 bridgehead atoms. The standard InChI is InChI=1S/C15H25NO/c17-15-4-2-1-3-14(15)11-16(9-12-5-6-12)10-13-7-8-13/h12-14H,1-11H2. The maximum absolute atomic E-state index is 11.9. The first-order valence-electron chi connectivity index (χ1n) is 7.56. The lowest BCUT2D eigenvalue weighted by Gasteiger charge is -2.29. The molecule has 1 atom stereocenters. The van der Waals surface area contributed by atoms with Crippen LogP contribution in [0.5, 0.6) is 0 Å². The van der Waals surface area contributed by atoms with Crippen molar-refractivity contribution in [1.29, 1.82) is 0 Å². The molecule has 0 aromatic heterocycles. The molecule has 0 radical (unpaired) electrons. The first-order valence-corrected chi connectivity index (χ1v) is 7.56. The predicted molar refractivity (Wildman–Crippen MR) is 68.9 cm³/mol. The van der Waals surface area contributed by atoms with E-state index in [2.05, 4.69) is 4.90 Å². The van der Waals surface area contributed by atoms with E-state index in [1.54, 1.807) is 0 Å². The van der Waals surface area contributed by atoms with Crippen molar-refractivity contribution in [3.63, 3.8) is 0 Å². The molecule has 0 aliphatic heterocycles. The number of nitrogens with zero attached hydrogens (tertiary/aromatic N) is 1. The van der Waals surface area contributed by atoms with Gasteiger partial charge in [-0.15, -0.1) is 0 Å². The fourth-order valence-corrected chi connectivity index (χ4v) is 3.11. The second-order valence-corrected chi connectivity index (χ2v) is 6.51. The van der Waals surface area contributed by atoms with Gasteiger partial charge in [0.2, 0.25) is 0 Å². The Morgan fingerprint density at radius 1 is 0.882 bits per heavy atom. The summed E-state index contributed by atoms with van der Waals surface area (Å²) in [4.78, 5) is 14.5. The van der Waals surface area contributed by atoms with Crippen molar-refractivity contribution in [3.8, 4) is 0 Å². The van der Waals surface area contributed by atoms with Crippen LogP contribution in [0, 0.1) is 17.8 Å². The zero-order valence-electron chi connectivity index (χ0n) is 10.9. The molecule has 2 heteroatoms. The van der Waals surface area contributed by atoms with Crippen LogP contribution in [0.4, 0.5) is 0 Å². The summed E-state index contributed by atoms with van der Waals surface area (Å²) in [6.45, 7) is 3.63. The molecule has 3 aliphatic carbocycles. The van der Waals surface area contributed by atoms with Gasteiger partial charge < -0.3 is 4.90 Å². The number of rotatable bonds is 6. The minimum absolute atomic E-state index is 0.376. The van der Waals surface area contributed by atoms with Crippen LogP contribution in [-0.4, -0.2) is 30.3 Å². The Morgan fingerprint density at radius 3 is 2.06 bits per heavy atom. The van der Waals surface area contributed by atoms with Gasteiger partial charge in [0.05, 0.1) is 0 Å². The summed E-state index contributed by atoms with van der Waals surface area (Å²) >= 11 is 0. The van der Waals surface area contributed by atoms with Gasteiger partial charge in [0.1, 0.15) is 5.78 Å². The molecule has 96 valence electrons. The summed E-state index contributed by atoms with van der Waals surface area (Å²) in [5.41, 5.74) is 0. The number of hydrogen-bond donors (Lipinski definition) is 0. The van der Waals surface area contributed by atoms with E-state index >= 15 is 0 Å². The summed E-state index contributed by atoms with van der Waals surface area (Å²) in [5.74, 6) is 2.86. The molecule has 0 aromatic rings. The molecule has 0 amide bonds. The van der Waals surface area contributed by atoms with Gasteiger partial charge in [-0.1, -0.05) is 6.42 Å². The highest BCUT2D eigenvalue weighted by Gasteiger charge is 2.32. The van der Waals surface area contributed by atoms with Crippen molar-refractivity contribution in [2.75, 3.05) is 19.6 Å². The van der Waals surface area contributed by atoms with Gasteiger partial charge >= 0.3 is 0 Å². The van der Waals surface area contributed by atoms with Gasteiger partial charge in [-0.3, -0.25) is 4.79 Å².